The summed E-state index contributed by atoms with van der Waals surface area (Å²) in [5.74, 6) is 0.672. The van der Waals surface area contributed by atoms with Gasteiger partial charge >= 0.3 is 0 Å². The number of aromatic nitrogens is 1. The summed E-state index contributed by atoms with van der Waals surface area (Å²) in [4.78, 5) is 29.6. The van der Waals surface area contributed by atoms with E-state index in [4.69, 9.17) is 0 Å². The number of pyridine rings is 1. The molecule has 0 bridgehead atoms. The van der Waals surface area contributed by atoms with Gasteiger partial charge in [0.2, 0.25) is 5.91 Å². The lowest BCUT2D eigenvalue weighted by atomic mass is 9.94. The van der Waals surface area contributed by atoms with Crippen molar-refractivity contribution in [3.8, 4) is 0 Å². The van der Waals surface area contributed by atoms with Crippen LogP contribution in [0, 0.1) is 5.41 Å². The Kier molecular flexibility index (Phi) is 5.93. The normalized spacial score (nSPS) is 19.1. The van der Waals surface area contributed by atoms with Gasteiger partial charge in [-0.15, -0.1) is 0 Å². The Hall–Kier alpha value is -2.69. The highest BCUT2D eigenvalue weighted by Gasteiger charge is 2.44. The maximum atomic E-state index is 12.1. The van der Waals surface area contributed by atoms with Crippen LogP contribution < -0.4 is 5.32 Å². The van der Waals surface area contributed by atoms with Gasteiger partial charge in [-0.05, 0) is 67.6 Å². The molecule has 2 aromatic rings. The Morgan fingerprint density at radius 1 is 1.00 bits per heavy atom. The van der Waals surface area contributed by atoms with Gasteiger partial charge in [0, 0.05) is 25.5 Å². The number of carbonyl (C=O) groups excluding carboxylic acids is 2. The maximum absolute atomic E-state index is 12.1. The van der Waals surface area contributed by atoms with Crippen LogP contribution in [0.25, 0.3) is 0 Å². The second-order valence-corrected chi connectivity index (χ2v) is 8.49. The van der Waals surface area contributed by atoms with Crippen LogP contribution in [0.3, 0.4) is 0 Å². The molecule has 1 N–H and O–H groups in total. The highest BCUT2D eigenvalue weighted by molar-refractivity contribution is 5.96. The molecule has 0 radical (unpaired) electrons. The van der Waals surface area contributed by atoms with E-state index in [2.05, 4.69) is 40.6 Å². The molecule has 3 aliphatic rings. The zero-order chi connectivity index (χ0) is 20.1. The Morgan fingerprint density at radius 2 is 1.72 bits per heavy atom. The third kappa shape index (κ3) is 5.43. The number of likely N-dealkylation sites (tertiary alicyclic amines) is 1. The lowest BCUT2D eigenvalue weighted by Crippen LogP contribution is -2.44. The standard InChI is InChI=1S/C15H19N3O2.C9H10/c19-13(18-8-5-15(3-4-15)6-9-18)11-17-14(20)12-2-1-7-16-10-12;1-2-4-8(5-3-1)9-6-7-9/h1-2,7,10H,3-6,8-9,11H2,(H,17,20);1-5,9H,6-7H2. The fourth-order valence-electron chi connectivity index (χ4n) is 3.92. The molecule has 2 aliphatic carbocycles. The quantitative estimate of drug-likeness (QED) is 0.863. The van der Waals surface area contributed by atoms with Gasteiger partial charge in [-0.2, -0.15) is 0 Å². The molecule has 29 heavy (non-hydrogen) atoms. The number of amides is 2. The molecule has 1 aromatic heterocycles. The predicted molar refractivity (Wildman–Crippen MR) is 112 cm³/mol. The van der Waals surface area contributed by atoms with Crippen LogP contribution in [-0.4, -0.2) is 41.3 Å². The molecule has 5 heteroatoms. The first-order chi connectivity index (χ1) is 14.2. The molecule has 152 valence electrons. The summed E-state index contributed by atoms with van der Waals surface area (Å²) in [6.07, 6.45) is 10.8. The third-order valence-electron chi connectivity index (χ3n) is 6.31. The summed E-state index contributed by atoms with van der Waals surface area (Å²) >= 11 is 0. The van der Waals surface area contributed by atoms with Crippen molar-refractivity contribution in [3.63, 3.8) is 0 Å². The van der Waals surface area contributed by atoms with Gasteiger partial charge < -0.3 is 10.2 Å². The number of piperidine rings is 1. The zero-order valence-electron chi connectivity index (χ0n) is 16.8. The van der Waals surface area contributed by atoms with Crippen LogP contribution in [0.4, 0.5) is 0 Å². The summed E-state index contributed by atoms with van der Waals surface area (Å²) in [7, 11) is 0. The molecule has 0 atom stereocenters. The molecular weight excluding hydrogens is 362 g/mol. The third-order valence-corrected chi connectivity index (χ3v) is 6.31. The molecule has 5 nitrogen and oxygen atoms in total. The lowest BCUT2D eigenvalue weighted by Gasteiger charge is -2.32. The maximum Gasteiger partial charge on any atom is 0.253 e. The summed E-state index contributed by atoms with van der Waals surface area (Å²) in [6, 6.07) is 14.1. The molecule has 1 aliphatic heterocycles. The van der Waals surface area contributed by atoms with E-state index in [0.717, 1.165) is 31.8 Å². The van der Waals surface area contributed by atoms with E-state index < -0.39 is 0 Å². The van der Waals surface area contributed by atoms with Crippen LogP contribution >= 0.6 is 0 Å². The van der Waals surface area contributed by atoms with E-state index in [1.165, 1.54) is 37.4 Å². The lowest BCUT2D eigenvalue weighted by molar-refractivity contribution is -0.131. The molecule has 1 saturated heterocycles. The van der Waals surface area contributed by atoms with E-state index in [1.54, 1.807) is 18.3 Å². The SMILES string of the molecule is O=C(NCC(=O)N1CCC2(CC1)CC2)c1cccnc1.c1ccc(C2CC2)cc1. The Balaban J connectivity index is 0.000000188. The molecule has 2 saturated carbocycles. The Labute approximate surface area is 172 Å². The first-order valence-electron chi connectivity index (χ1n) is 10.7. The molecule has 3 fully saturated rings. The smallest absolute Gasteiger partial charge is 0.253 e. The van der Waals surface area contributed by atoms with Crippen LogP contribution in [0.2, 0.25) is 0 Å². The number of rotatable bonds is 4. The van der Waals surface area contributed by atoms with Gasteiger partial charge in [0.25, 0.3) is 5.91 Å². The monoisotopic (exact) mass is 391 g/mol. The van der Waals surface area contributed by atoms with Crippen LogP contribution in [0.5, 0.6) is 0 Å². The van der Waals surface area contributed by atoms with Crippen molar-refractivity contribution in [1.29, 1.82) is 0 Å². The van der Waals surface area contributed by atoms with Gasteiger partial charge in [0.1, 0.15) is 0 Å². The largest absolute Gasteiger partial charge is 0.343 e. The molecular formula is C24H29N3O2. The highest BCUT2D eigenvalue weighted by Crippen LogP contribution is 2.53. The first-order valence-corrected chi connectivity index (χ1v) is 10.7. The van der Waals surface area contributed by atoms with E-state index in [0.29, 0.717) is 11.0 Å². The summed E-state index contributed by atoms with van der Waals surface area (Å²) < 4.78 is 0. The topological polar surface area (TPSA) is 62.3 Å². The average Bonchev–Trinajstić information content (AvgIpc) is 3.71. The number of hydrogen-bond acceptors (Lipinski definition) is 3. The Bertz CT molecular complexity index is 820. The van der Waals surface area contributed by atoms with Gasteiger partial charge in [-0.3, -0.25) is 14.6 Å². The average molecular weight is 392 g/mol. The minimum atomic E-state index is -0.248. The molecule has 1 spiro atoms. The van der Waals surface area contributed by atoms with E-state index in [1.807, 2.05) is 4.90 Å². The number of benzene rings is 1. The first kappa shape index (κ1) is 19.6. The predicted octanol–water partition coefficient (Wildman–Crippen LogP) is 3.78. The van der Waals surface area contributed by atoms with Crippen molar-refractivity contribution in [2.45, 2.75) is 44.4 Å². The second kappa shape index (κ2) is 8.76. The number of nitrogens with one attached hydrogen (secondary N) is 1. The molecule has 2 amide bonds. The van der Waals surface area contributed by atoms with Crippen LogP contribution in [0.1, 0.15) is 60.4 Å². The van der Waals surface area contributed by atoms with E-state index in [-0.39, 0.29) is 18.4 Å². The summed E-state index contributed by atoms with van der Waals surface area (Å²) in [6.45, 7) is 1.74. The van der Waals surface area contributed by atoms with Crippen LogP contribution in [0.15, 0.2) is 54.9 Å². The van der Waals surface area contributed by atoms with Gasteiger partial charge in [0.05, 0.1) is 12.1 Å². The van der Waals surface area contributed by atoms with Crippen molar-refractivity contribution < 1.29 is 9.59 Å². The van der Waals surface area contributed by atoms with Gasteiger partial charge in [-0.25, -0.2) is 0 Å². The fourth-order valence-corrected chi connectivity index (χ4v) is 3.92. The molecule has 2 heterocycles. The van der Waals surface area contributed by atoms with Crippen molar-refractivity contribution in [2.75, 3.05) is 19.6 Å². The highest BCUT2D eigenvalue weighted by atomic mass is 16.2. The van der Waals surface area contributed by atoms with E-state index >= 15 is 0 Å². The molecule has 1 aromatic carbocycles. The van der Waals surface area contributed by atoms with Crippen molar-refractivity contribution in [2.24, 2.45) is 5.41 Å². The number of nitrogens with zero attached hydrogens (tertiary/aromatic N) is 2. The number of hydrogen-bond donors (Lipinski definition) is 1. The molecule has 0 unspecified atom stereocenters. The summed E-state index contributed by atoms with van der Waals surface area (Å²) in [5, 5.41) is 2.66. The fraction of sp³-hybridized carbons (Fsp3) is 0.458. The zero-order valence-corrected chi connectivity index (χ0v) is 16.8. The van der Waals surface area contributed by atoms with Crippen LogP contribution in [-0.2, 0) is 4.79 Å². The minimum Gasteiger partial charge on any atom is -0.343 e. The number of carbonyl (C=O) groups is 2. The minimum absolute atomic E-state index is 0.0118. The van der Waals surface area contributed by atoms with Crippen molar-refractivity contribution >= 4 is 11.8 Å². The van der Waals surface area contributed by atoms with Crippen molar-refractivity contribution in [3.05, 3.63) is 66.0 Å². The van der Waals surface area contributed by atoms with Crippen molar-refractivity contribution in [1.82, 2.24) is 15.2 Å². The molecule has 5 rings (SSSR count). The summed E-state index contributed by atoms with van der Waals surface area (Å²) in [5.41, 5.74) is 2.57. The Morgan fingerprint density at radius 3 is 2.31 bits per heavy atom. The van der Waals surface area contributed by atoms with Gasteiger partial charge in [-0.1, -0.05) is 30.3 Å². The second-order valence-electron chi connectivity index (χ2n) is 8.49. The van der Waals surface area contributed by atoms with E-state index in [9.17, 15) is 9.59 Å². The van der Waals surface area contributed by atoms with Gasteiger partial charge in [0.15, 0.2) is 0 Å².